The van der Waals surface area contributed by atoms with Crippen molar-refractivity contribution < 1.29 is 9.59 Å². The first-order valence-electron chi connectivity index (χ1n) is 10.00. The van der Waals surface area contributed by atoms with Crippen LogP contribution in [-0.4, -0.2) is 64.1 Å². The van der Waals surface area contributed by atoms with E-state index in [1.54, 1.807) is 12.3 Å². The third kappa shape index (κ3) is 5.01. The molecule has 4 rings (SSSR count). The van der Waals surface area contributed by atoms with Gasteiger partial charge < -0.3 is 15.5 Å². The Bertz CT molecular complexity index is 732. The molecule has 6 nitrogen and oxygen atoms in total. The van der Waals surface area contributed by atoms with Crippen molar-refractivity contribution in [2.75, 3.05) is 26.2 Å². The van der Waals surface area contributed by atoms with E-state index < -0.39 is 0 Å². The van der Waals surface area contributed by atoms with Crippen LogP contribution >= 0.6 is 36.6 Å². The molecule has 0 aromatic carbocycles. The fourth-order valence-electron chi connectivity index (χ4n) is 4.70. The Morgan fingerprint density at radius 3 is 2.59 bits per heavy atom. The molecule has 3 heterocycles. The Kier molecular flexibility index (Phi) is 8.64. The average Bonchev–Trinajstić information content (AvgIpc) is 3.40. The van der Waals surface area contributed by atoms with E-state index in [1.807, 2.05) is 22.8 Å². The number of nitrogens with zero attached hydrogens (tertiary/aromatic N) is 3. The first-order valence-corrected chi connectivity index (χ1v) is 10.9. The van der Waals surface area contributed by atoms with Gasteiger partial charge in [-0.1, -0.05) is 11.8 Å². The van der Waals surface area contributed by atoms with Gasteiger partial charge in [0.15, 0.2) is 0 Å². The van der Waals surface area contributed by atoms with Gasteiger partial charge in [0, 0.05) is 38.4 Å². The Morgan fingerprint density at radius 1 is 1.17 bits per heavy atom. The Labute approximate surface area is 189 Å². The van der Waals surface area contributed by atoms with Crippen LogP contribution in [0.3, 0.4) is 0 Å². The lowest BCUT2D eigenvalue weighted by Crippen LogP contribution is -2.35. The molecule has 3 fully saturated rings. The van der Waals surface area contributed by atoms with E-state index in [1.165, 1.54) is 11.8 Å². The maximum atomic E-state index is 13.1. The fourth-order valence-corrected chi connectivity index (χ4v) is 5.69. The molecule has 3 aliphatic rings. The highest BCUT2D eigenvalue weighted by Gasteiger charge is 2.43. The third-order valence-corrected chi connectivity index (χ3v) is 7.36. The van der Waals surface area contributed by atoms with Crippen LogP contribution in [-0.2, 0) is 4.79 Å². The summed E-state index contributed by atoms with van der Waals surface area (Å²) in [5, 5.41) is 0.417. The molecule has 4 unspecified atom stereocenters. The second kappa shape index (κ2) is 10.3. The van der Waals surface area contributed by atoms with Crippen LogP contribution in [0.1, 0.15) is 43.0 Å². The molecule has 2 N–H and O–H groups in total. The van der Waals surface area contributed by atoms with E-state index in [0.29, 0.717) is 22.4 Å². The van der Waals surface area contributed by atoms with Gasteiger partial charge in [0.25, 0.3) is 5.91 Å². The summed E-state index contributed by atoms with van der Waals surface area (Å²) in [4.78, 5) is 34.1. The summed E-state index contributed by atoms with van der Waals surface area (Å²) in [7, 11) is 0. The summed E-state index contributed by atoms with van der Waals surface area (Å²) in [6.07, 6.45) is 6.04. The van der Waals surface area contributed by atoms with Crippen molar-refractivity contribution in [3.63, 3.8) is 0 Å². The lowest BCUT2D eigenvalue weighted by Gasteiger charge is -2.22. The van der Waals surface area contributed by atoms with E-state index in [4.69, 9.17) is 5.73 Å². The molecule has 9 heteroatoms. The molecule has 0 spiro atoms. The molecule has 0 radical (unpaired) electrons. The molecule has 1 aromatic rings. The zero-order valence-corrected chi connectivity index (χ0v) is 19.1. The van der Waals surface area contributed by atoms with E-state index in [0.717, 1.165) is 51.9 Å². The fraction of sp³-hybridized carbons (Fsp3) is 0.650. The number of thioether (sulfide) groups is 1. The Balaban J connectivity index is 0.00000150. The van der Waals surface area contributed by atoms with Crippen molar-refractivity contribution in [3.8, 4) is 0 Å². The Morgan fingerprint density at radius 2 is 1.90 bits per heavy atom. The van der Waals surface area contributed by atoms with Gasteiger partial charge in [-0.05, 0) is 56.6 Å². The maximum Gasteiger partial charge on any atom is 0.256 e. The van der Waals surface area contributed by atoms with Gasteiger partial charge in [-0.2, -0.15) is 0 Å². The van der Waals surface area contributed by atoms with Crippen LogP contribution in [0.4, 0.5) is 0 Å². The van der Waals surface area contributed by atoms with Gasteiger partial charge in [-0.25, -0.2) is 4.98 Å². The second-order valence-corrected chi connectivity index (χ2v) is 9.35. The van der Waals surface area contributed by atoms with Crippen LogP contribution in [0, 0.1) is 11.8 Å². The highest BCUT2D eigenvalue weighted by atomic mass is 35.5. The van der Waals surface area contributed by atoms with Gasteiger partial charge in [0.05, 0.1) is 10.8 Å². The molecule has 29 heavy (non-hydrogen) atoms. The van der Waals surface area contributed by atoms with Crippen LogP contribution in [0.25, 0.3) is 0 Å². The number of hydrogen-bond acceptors (Lipinski definition) is 5. The molecule has 2 amide bonds. The zero-order valence-electron chi connectivity index (χ0n) is 16.7. The number of fused-ring (bicyclic) bond motifs is 1. The predicted molar refractivity (Wildman–Crippen MR) is 120 cm³/mol. The SMILES string of the molecule is CC(Sc1ncccc1C(=O)N1CC2CCC(N)C2C1)C(=O)N1CCCC1.Cl.Cl. The average molecular weight is 461 g/mol. The molecule has 1 aliphatic carbocycles. The minimum atomic E-state index is -0.240. The number of carbonyl (C=O) groups is 2. The number of rotatable bonds is 4. The van der Waals surface area contributed by atoms with Crippen molar-refractivity contribution in [1.82, 2.24) is 14.8 Å². The van der Waals surface area contributed by atoms with E-state index in [9.17, 15) is 9.59 Å². The zero-order chi connectivity index (χ0) is 19.0. The minimum Gasteiger partial charge on any atom is -0.342 e. The number of amides is 2. The highest BCUT2D eigenvalue weighted by molar-refractivity contribution is 8.00. The molecular formula is C20H30Cl2N4O2S. The van der Waals surface area contributed by atoms with Crippen molar-refractivity contribution in [2.24, 2.45) is 17.6 Å². The van der Waals surface area contributed by atoms with Gasteiger partial charge in [-0.3, -0.25) is 9.59 Å². The van der Waals surface area contributed by atoms with Crippen LogP contribution in [0.5, 0.6) is 0 Å². The normalized spacial score (nSPS) is 26.5. The van der Waals surface area contributed by atoms with Gasteiger partial charge in [-0.15, -0.1) is 24.8 Å². The lowest BCUT2D eigenvalue weighted by molar-refractivity contribution is -0.129. The predicted octanol–water partition coefficient (Wildman–Crippen LogP) is 2.84. The number of likely N-dealkylation sites (tertiary alicyclic amines) is 2. The topological polar surface area (TPSA) is 79.5 Å². The number of hydrogen-bond donors (Lipinski definition) is 1. The minimum absolute atomic E-state index is 0. The standard InChI is InChI=1S/C20H28N4O2S.2ClH/c1-13(19(25)23-9-2-3-10-23)27-18-15(5-4-8-22-18)20(26)24-11-14-6-7-17(21)16(14)12-24;;/h4-5,8,13-14,16-17H,2-3,6-7,9-12,21H2,1H3;2*1H. The first-order chi connectivity index (χ1) is 13.0. The largest absolute Gasteiger partial charge is 0.342 e. The molecule has 162 valence electrons. The molecule has 0 bridgehead atoms. The lowest BCUT2D eigenvalue weighted by atomic mass is 9.98. The van der Waals surface area contributed by atoms with Crippen molar-refractivity contribution >= 4 is 48.4 Å². The number of carbonyl (C=O) groups excluding carboxylic acids is 2. The number of halogens is 2. The number of nitrogens with two attached hydrogens (primary N) is 1. The van der Waals surface area contributed by atoms with E-state index in [2.05, 4.69) is 4.98 Å². The van der Waals surface area contributed by atoms with Gasteiger partial charge in [0.2, 0.25) is 5.91 Å². The van der Waals surface area contributed by atoms with E-state index >= 15 is 0 Å². The molecular weight excluding hydrogens is 431 g/mol. The first kappa shape index (κ1) is 24.3. The molecule has 1 saturated carbocycles. The van der Waals surface area contributed by atoms with Crippen molar-refractivity contribution in [2.45, 2.75) is 48.9 Å². The number of pyridine rings is 1. The van der Waals surface area contributed by atoms with Crippen LogP contribution < -0.4 is 5.73 Å². The van der Waals surface area contributed by atoms with Crippen LogP contribution in [0.2, 0.25) is 0 Å². The Hall–Kier alpha value is -1.02. The molecule has 1 aromatic heterocycles. The van der Waals surface area contributed by atoms with Gasteiger partial charge >= 0.3 is 0 Å². The third-order valence-electron chi connectivity index (χ3n) is 6.26. The summed E-state index contributed by atoms with van der Waals surface area (Å²) in [5.74, 6) is 1.13. The van der Waals surface area contributed by atoms with Crippen molar-refractivity contribution in [3.05, 3.63) is 23.9 Å². The smallest absolute Gasteiger partial charge is 0.256 e. The highest BCUT2D eigenvalue weighted by Crippen LogP contribution is 2.38. The van der Waals surface area contributed by atoms with Gasteiger partial charge in [0.1, 0.15) is 5.03 Å². The summed E-state index contributed by atoms with van der Waals surface area (Å²) in [6, 6.07) is 3.85. The van der Waals surface area contributed by atoms with E-state index in [-0.39, 0.29) is 47.9 Å². The number of aromatic nitrogens is 1. The monoisotopic (exact) mass is 460 g/mol. The van der Waals surface area contributed by atoms with Crippen molar-refractivity contribution in [1.29, 1.82) is 0 Å². The molecule has 2 saturated heterocycles. The summed E-state index contributed by atoms with van der Waals surface area (Å²) in [6.45, 7) is 5.13. The quantitative estimate of drug-likeness (QED) is 0.698. The van der Waals surface area contributed by atoms with Crippen LogP contribution in [0.15, 0.2) is 23.4 Å². The summed E-state index contributed by atoms with van der Waals surface area (Å²) >= 11 is 1.40. The molecule has 4 atom stereocenters. The molecule has 2 aliphatic heterocycles. The summed E-state index contributed by atoms with van der Waals surface area (Å²) in [5.41, 5.74) is 6.82. The summed E-state index contributed by atoms with van der Waals surface area (Å²) < 4.78 is 0. The maximum absolute atomic E-state index is 13.1. The second-order valence-electron chi connectivity index (χ2n) is 8.02.